The highest BCUT2D eigenvalue weighted by molar-refractivity contribution is 9.10. The molecule has 0 saturated carbocycles. The van der Waals surface area contributed by atoms with E-state index in [9.17, 15) is 9.90 Å². The maximum Gasteiger partial charge on any atom is 0.321 e. The molecule has 154 valence electrons. The van der Waals surface area contributed by atoms with Crippen LogP contribution >= 0.6 is 15.9 Å². The van der Waals surface area contributed by atoms with Crippen molar-refractivity contribution < 1.29 is 19.4 Å². The Morgan fingerprint density at radius 3 is 2.83 bits per heavy atom. The molecule has 1 heterocycles. The molecule has 0 fully saturated rings. The Morgan fingerprint density at radius 2 is 2.10 bits per heavy atom. The summed E-state index contributed by atoms with van der Waals surface area (Å²) in [4.78, 5) is 15.0. The lowest BCUT2D eigenvalue weighted by atomic mass is 10.0. The van der Waals surface area contributed by atoms with Crippen molar-refractivity contribution in [3.8, 4) is 11.5 Å². The standard InChI is InChI=1S/C22H25BrN2O4/c1-3-8-29-21-17(23)9-14(10-20(21)28-2)12-24-19(22(26)27)11-15-13-25-18-7-5-4-6-16(15)18/h4-7,9-10,13,19,24-25H,3,8,11-12H2,1-2H3,(H,26,27)/t19-/m1/s1. The molecule has 3 N–H and O–H groups in total. The van der Waals surface area contributed by atoms with E-state index in [4.69, 9.17) is 9.47 Å². The van der Waals surface area contributed by atoms with Gasteiger partial charge in [0, 0.05) is 30.1 Å². The Balaban J connectivity index is 1.73. The molecule has 0 radical (unpaired) electrons. The van der Waals surface area contributed by atoms with Gasteiger partial charge in [0.05, 0.1) is 18.2 Å². The molecule has 0 aliphatic carbocycles. The number of carbonyl (C=O) groups is 1. The summed E-state index contributed by atoms with van der Waals surface area (Å²) >= 11 is 3.53. The average Bonchev–Trinajstić information content (AvgIpc) is 3.12. The van der Waals surface area contributed by atoms with Crippen molar-refractivity contribution in [1.82, 2.24) is 10.3 Å². The summed E-state index contributed by atoms with van der Waals surface area (Å²) in [6, 6.07) is 11.0. The molecule has 0 aliphatic heterocycles. The van der Waals surface area contributed by atoms with Crippen molar-refractivity contribution >= 4 is 32.8 Å². The highest BCUT2D eigenvalue weighted by Gasteiger charge is 2.20. The van der Waals surface area contributed by atoms with Crippen molar-refractivity contribution in [3.05, 3.63) is 58.2 Å². The van der Waals surface area contributed by atoms with Crippen molar-refractivity contribution in [3.63, 3.8) is 0 Å². The van der Waals surface area contributed by atoms with Crippen LogP contribution in [0.4, 0.5) is 0 Å². The van der Waals surface area contributed by atoms with Crippen molar-refractivity contribution in [1.29, 1.82) is 0 Å². The van der Waals surface area contributed by atoms with Crippen molar-refractivity contribution in [2.75, 3.05) is 13.7 Å². The van der Waals surface area contributed by atoms with Crippen LogP contribution in [0.3, 0.4) is 0 Å². The van der Waals surface area contributed by atoms with Gasteiger partial charge in [-0.3, -0.25) is 4.79 Å². The number of rotatable bonds is 10. The first-order valence-electron chi connectivity index (χ1n) is 9.53. The molecule has 3 aromatic rings. The normalized spacial score (nSPS) is 12.1. The average molecular weight is 461 g/mol. The number of hydrogen-bond donors (Lipinski definition) is 3. The highest BCUT2D eigenvalue weighted by Crippen LogP contribution is 2.36. The second kappa shape index (κ2) is 9.80. The first-order chi connectivity index (χ1) is 14.0. The predicted octanol–water partition coefficient (Wildman–Crippen LogP) is 4.51. The summed E-state index contributed by atoms with van der Waals surface area (Å²) in [5, 5.41) is 13.9. The van der Waals surface area contributed by atoms with Crippen LogP contribution in [0.5, 0.6) is 11.5 Å². The first kappa shape index (κ1) is 21.2. The van der Waals surface area contributed by atoms with Gasteiger partial charge in [-0.2, -0.15) is 0 Å². The number of aromatic nitrogens is 1. The number of H-pyrrole nitrogens is 1. The summed E-state index contributed by atoms with van der Waals surface area (Å²) < 4.78 is 12.0. The number of fused-ring (bicyclic) bond motifs is 1. The van der Waals surface area contributed by atoms with E-state index >= 15 is 0 Å². The molecular formula is C22H25BrN2O4. The number of methoxy groups -OCH3 is 1. The molecular weight excluding hydrogens is 436 g/mol. The van der Waals surface area contributed by atoms with Crippen LogP contribution in [-0.4, -0.2) is 35.8 Å². The van der Waals surface area contributed by atoms with Crippen molar-refractivity contribution in [2.24, 2.45) is 0 Å². The number of carboxylic acid groups (broad SMARTS) is 1. The van der Waals surface area contributed by atoms with Crippen LogP contribution in [0.1, 0.15) is 24.5 Å². The fraction of sp³-hybridized carbons (Fsp3) is 0.318. The van der Waals surface area contributed by atoms with Gasteiger partial charge in [0.15, 0.2) is 11.5 Å². The van der Waals surface area contributed by atoms with Gasteiger partial charge in [-0.25, -0.2) is 0 Å². The zero-order valence-corrected chi connectivity index (χ0v) is 18.1. The molecule has 0 unspecified atom stereocenters. The van der Waals surface area contributed by atoms with Crippen molar-refractivity contribution in [2.45, 2.75) is 32.4 Å². The molecule has 0 bridgehead atoms. The van der Waals surface area contributed by atoms with E-state index in [-0.39, 0.29) is 0 Å². The third-order valence-corrected chi connectivity index (χ3v) is 5.28. The van der Waals surface area contributed by atoms with E-state index in [2.05, 4.69) is 26.2 Å². The maximum absolute atomic E-state index is 11.8. The Hall–Kier alpha value is -2.51. The SMILES string of the molecule is CCCOc1c(Br)cc(CN[C@H](Cc2c[nH]c3ccccc23)C(=O)O)cc1OC. The zero-order chi connectivity index (χ0) is 20.8. The minimum Gasteiger partial charge on any atom is -0.493 e. The minimum atomic E-state index is -0.885. The fourth-order valence-corrected chi connectivity index (χ4v) is 3.83. The number of hydrogen-bond acceptors (Lipinski definition) is 4. The number of carboxylic acids is 1. The summed E-state index contributed by atoms with van der Waals surface area (Å²) in [6.07, 6.45) is 3.16. The molecule has 1 atom stereocenters. The molecule has 1 aromatic heterocycles. The summed E-state index contributed by atoms with van der Waals surface area (Å²) in [7, 11) is 1.59. The topological polar surface area (TPSA) is 83.6 Å². The Morgan fingerprint density at radius 1 is 1.31 bits per heavy atom. The largest absolute Gasteiger partial charge is 0.493 e. The Bertz CT molecular complexity index is 986. The minimum absolute atomic E-state index is 0.384. The number of aromatic amines is 1. The molecule has 0 spiro atoms. The van der Waals surface area contributed by atoms with E-state index in [0.29, 0.717) is 31.1 Å². The third-order valence-electron chi connectivity index (χ3n) is 4.69. The number of halogens is 1. The Labute approximate surface area is 178 Å². The summed E-state index contributed by atoms with van der Waals surface area (Å²) in [5.74, 6) is 0.393. The van der Waals surface area contributed by atoms with E-state index in [1.54, 1.807) is 7.11 Å². The second-order valence-electron chi connectivity index (χ2n) is 6.79. The lowest BCUT2D eigenvalue weighted by Crippen LogP contribution is -2.38. The highest BCUT2D eigenvalue weighted by atomic mass is 79.9. The molecule has 6 nitrogen and oxygen atoms in total. The van der Waals surface area contributed by atoms with Crippen LogP contribution < -0.4 is 14.8 Å². The van der Waals surface area contributed by atoms with Gasteiger partial charge >= 0.3 is 5.97 Å². The van der Waals surface area contributed by atoms with E-state index in [1.807, 2.05) is 49.5 Å². The number of ether oxygens (including phenoxy) is 2. The number of para-hydroxylation sites is 1. The van der Waals surface area contributed by atoms with E-state index in [1.165, 1.54) is 0 Å². The van der Waals surface area contributed by atoms with Crippen LogP contribution in [0.2, 0.25) is 0 Å². The zero-order valence-electron chi connectivity index (χ0n) is 16.5. The van der Waals surface area contributed by atoms with Gasteiger partial charge in [0.25, 0.3) is 0 Å². The lowest BCUT2D eigenvalue weighted by molar-refractivity contribution is -0.139. The maximum atomic E-state index is 11.8. The van der Waals surface area contributed by atoms with Gasteiger partial charge in [0.1, 0.15) is 6.04 Å². The summed E-state index contributed by atoms with van der Waals surface area (Å²) in [6.45, 7) is 3.03. The second-order valence-corrected chi connectivity index (χ2v) is 7.65. The monoisotopic (exact) mass is 460 g/mol. The molecule has 0 amide bonds. The molecule has 2 aromatic carbocycles. The summed E-state index contributed by atoms with van der Waals surface area (Å²) in [5.41, 5.74) is 2.88. The van der Waals surface area contributed by atoms with Gasteiger partial charge in [-0.1, -0.05) is 25.1 Å². The molecule has 7 heteroatoms. The smallest absolute Gasteiger partial charge is 0.321 e. The van der Waals surface area contributed by atoms with Gasteiger partial charge in [0.2, 0.25) is 0 Å². The van der Waals surface area contributed by atoms with Gasteiger partial charge in [-0.15, -0.1) is 0 Å². The van der Waals surface area contributed by atoms with Gasteiger partial charge in [-0.05, 0) is 51.7 Å². The van der Waals surface area contributed by atoms with Crippen LogP contribution in [-0.2, 0) is 17.8 Å². The van der Waals surface area contributed by atoms with Gasteiger partial charge < -0.3 is 24.9 Å². The Kier molecular flexibility index (Phi) is 7.17. The molecule has 0 saturated heterocycles. The van der Waals surface area contributed by atoms with E-state index in [0.717, 1.165) is 32.9 Å². The van der Waals surface area contributed by atoms with Crippen LogP contribution in [0, 0.1) is 0 Å². The molecule has 3 rings (SSSR count). The first-order valence-corrected chi connectivity index (χ1v) is 10.3. The van der Waals surface area contributed by atoms with E-state index < -0.39 is 12.0 Å². The number of benzene rings is 2. The van der Waals surface area contributed by atoms with Crippen LogP contribution in [0.25, 0.3) is 10.9 Å². The number of aliphatic carboxylic acids is 1. The molecule has 0 aliphatic rings. The molecule has 29 heavy (non-hydrogen) atoms. The predicted molar refractivity (Wildman–Crippen MR) is 117 cm³/mol. The third kappa shape index (κ3) is 5.10. The fourth-order valence-electron chi connectivity index (χ4n) is 3.23. The lowest BCUT2D eigenvalue weighted by Gasteiger charge is -2.17. The number of nitrogens with one attached hydrogen (secondary N) is 2. The van der Waals surface area contributed by atoms with Crippen LogP contribution in [0.15, 0.2) is 47.1 Å². The quantitative estimate of drug-likeness (QED) is 0.414.